The second kappa shape index (κ2) is 3.06. The van der Waals surface area contributed by atoms with E-state index in [4.69, 9.17) is 10.2 Å². The van der Waals surface area contributed by atoms with Crippen molar-refractivity contribution >= 4 is 6.01 Å². The van der Waals surface area contributed by atoms with E-state index in [9.17, 15) is 8.78 Å². The molecular weight excluding hydrogens is 192 g/mol. The van der Waals surface area contributed by atoms with Gasteiger partial charge in [0.25, 0.3) is 6.01 Å². The lowest BCUT2D eigenvalue weighted by Crippen LogP contribution is -1.90. The molecule has 2 rings (SSSR count). The number of aromatic nitrogens is 2. The SMILES string of the molecule is Nc1ncc(-c2c(F)cncc2F)o1. The maximum Gasteiger partial charge on any atom is 0.292 e. The van der Waals surface area contributed by atoms with E-state index in [0.717, 1.165) is 18.6 Å². The van der Waals surface area contributed by atoms with E-state index in [1.807, 2.05) is 0 Å². The summed E-state index contributed by atoms with van der Waals surface area (Å²) >= 11 is 0. The number of hydrogen-bond acceptors (Lipinski definition) is 4. The molecule has 0 saturated heterocycles. The Labute approximate surface area is 77.4 Å². The summed E-state index contributed by atoms with van der Waals surface area (Å²) < 4.78 is 31.0. The smallest absolute Gasteiger partial charge is 0.292 e. The van der Waals surface area contributed by atoms with Crippen molar-refractivity contribution in [1.29, 1.82) is 0 Å². The van der Waals surface area contributed by atoms with Gasteiger partial charge in [-0.25, -0.2) is 13.8 Å². The third kappa shape index (κ3) is 1.30. The molecule has 72 valence electrons. The third-order valence-electron chi connectivity index (χ3n) is 1.62. The van der Waals surface area contributed by atoms with Crippen LogP contribution >= 0.6 is 0 Å². The normalized spacial score (nSPS) is 10.4. The quantitative estimate of drug-likeness (QED) is 0.753. The molecule has 2 N–H and O–H groups in total. The highest BCUT2D eigenvalue weighted by Crippen LogP contribution is 2.26. The summed E-state index contributed by atoms with van der Waals surface area (Å²) in [5, 5.41) is 0. The first-order chi connectivity index (χ1) is 6.68. The average Bonchev–Trinajstić information content (AvgIpc) is 2.51. The van der Waals surface area contributed by atoms with E-state index >= 15 is 0 Å². The lowest BCUT2D eigenvalue weighted by atomic mass is 10.2. The molecule has 4 nitrogen and oxygen atoms in total. The summed E-state index contributed by atoms with van der Waals surface area (Å²) in [6, 6.07) is -0.143. The summed E-state index contributed by atoms with van der Waals surface area (Å²) in [6.07, 6.45) is 2.92. The molecule has 0 amide bonds. The second-order valence-electron chi connectivity index (χ2n) is 2.54. The predicted molar refractivity (Wildman–Crippen MR) is 44.1 cm³/mol. The molecule has 2 aromatic heterocycles. The van der Waals surface area contributed by atoms with Crippen molar-refractivity contribution in [3.05, 3.63) is 30.2 Å². The van der Waals surface area contributed by atoms with Gasteiger partial charge < -0.3 is 10.2 Å². The van der Waals surface area contributed by atoms with Crippen molar-refractivity contribution in [3.8, 4) is 11.3 Å². The Hall–Kier alpha value is -1.98. The van der Waals surface area contributed by atoms with Crippen LogP contribution in [0.4, 0.5) is 14.8 Å². The fraction of sp³-hybridized carbons (Fsp3) is 0. The average molecular weight is 197 g/mol. The van der Waals surface area contributed by atoms with Gasteiger partial charge in [-0.15, -0.1) is 0 Å². The van der Waals surface area contributed by atoms with Crippen molar-refractivity contribution < 1.29 is 13.2 Å². The number of anilines is 1. The zero-order chi connectivity index (χ0) is 10.1. The highest BCUT2D eigenvalue weighted by molar-refractivity contribution is 5.58. The highest BCUT2D eigenvalue weighted by atomic mass is 19.1. The van der Waals surface area contributed by atoms with Crippen LogP contribution in [0.15, 0.2) is 23.0 Å². The lowest BCUT2D eigenvalue weighted by Gasteiger charge is -1.98. The first-order valence-corrected chi connectivity index (χ1v) is 3.69. The zero-order valence-corrected chi connectivity index (χ0v) is 6.87. The first-order valence-electron chi connectivity index (χ1n) is 3.69. The highest BCUT2D eigenvalue weighted by Gasteiger charge is 2.15. The minimum atomic E-state index is -0.818. The van der Waals surface area contributed by atoms with E-state index < -0.39 is 11.6 Å². The molecule has 0 bridgehead atoms. The van der Waals surface area contributed by atoms with Gasteiger partial charge in [-0.1, -0.05) is 0 Å². The number of oxazole rings is 1. The zero-order valence-electron chi connectivity index (χ0n) is 6.87. The van der Waals surface area contributed by atoms with Gasteiger partial charge in [-0.3, -0.25) is 4.98 Å². The molecule has 0 saturated carbocycles. The number of halogens is 2. The summed E-state index contributed by atoms with van der Waals surface area (Å²) in [7, 11) is 0. The van der Waals surface area contributed by atoms with E-state index in [-0.39, 0.29) is 17.3 Å². The molecule has 0 aliphatic heterocycles. The Bertz CT molecular complexity index is 449. The van der Waals surface area contributed by atoms with Crippen LogP contribution in [0.1, 0.15) is 0 Å². The number of nitrogen functional groups attached to an aromatic ring is 1. The van der Waals surface area contributed by atoms with Crippen molar-refractivity contribution in [1.82, 2.24) is 9.97 Å². The fourth-order valence-electron chi connectivity index (χ4n) is 1.05. The van der Waals surface area contributed by atoms with Gasteiger partial charge in [0.1, 0.15) is 0 Å². The molecule has 0 aliphatic carbocycles. The number of rotatable bonds is 1. The molecule has 0 spiro atoms. The Balaban J connectivity index is 2.61. The van der Waals surface area contributed by atoms with E-state index in [1.54, 1.807) is 0 Å². The Morgan fingerprint density at radius 1 is 1.14 bits per heavy atom. The van der Waals surface area contributed by atoms with Gasteiger partial charge >= 0.3 is 0 Å². The van der Waals surface area contributed by atoms with Gasteiger partial charge in [-0.05, 0) is 0 Å². The number of nitrogens with two attached hydrogens (primary N) is 1. The van der Waals surface area contributed by atoms with E-state index in [0.29, 0.717) is 0 Å². The molecule has 0 aliphatic rings. The predicted octanol–water partition coefficient (Wildman–Crippen LogP) is 1.60. The van der Waals surface area contributed by atoms with Crippen molar-refractivity contribution in [3.63, 3.8) is 0 Å². The summed E-state index contributed by atoms with van der Waals surface area (Å²) in [5.74, 6) is -1.69. The van der Waals surface area contributed by atoms with E-state index in [2.05, 4.69) is 9.97 Å². The molecule has 0 aromatic carbocycles. The van der Waals surface area contributed by atoms with Crippen LogP contribution in [0, 0.1) is 11.6 Å². The minimum Gasteiger partial charge on any atom is -0.424 e. The topological polar surface area (TPSA) is 64.9 Å². The van der Waals surface area contributed by atoms with Crippen LogP contribution in [0.25, 0.3) is 11.3 Å². The molecule has 0 atom stereocenters. The number of hydrogen-bond donors (Lipinski definition) is 1. The van der Waals surface area contributed by atoms with Gasteiger partial charge in [0, 0.05) is 0 Å². The van der Waals surface area contributed by atoms with Crippen LogP contribution in [0.3, 0.4) is 0 Å². The van der Waals surface area contributed by atoms with Crippen molar-refractivity contribution in [2.45, 2.75) is 0 Å². The first kappa shape index (κ1) is 8.61. The van der Waals surface area contributed by atoms with Crippen LogP contribution in [-0.2, 0) is 0 Å². The fourth-order valence-corrected chi connectivity index (χ4v) is 1.05. The number of pyridine rings is 1. The van der Waals surface area contributed by atoms with Gasteiger partial charge in [0.2, 0.25) is 0 Å². The summed E-state index contributed by atoms with van der Waals surface area (Å²) in [5.41, 5.74) is 4.86. The Morgan fingerprint density at radius 3 is 2.29 bits per heavy atom. The van der Waals surface area contributed by atoms with Crippen molar-refractivity contribution in [2.75, 3.05) is 5.73 Å². The van der Waals surface area contributed by atoms with E-state index in [1.165, 1.54) is 0 Å². The van der Waals surface area contributed by atoms with Crippen LogP contribution in [0.5, 0.6) is 0 Å². The van der Waals surface area contributed by atoms with Crippen LogP contribution in [-0.4, -0.2) is 9.97 Å². The molecule has 6 heteroatoms. The third-order valence-corrected chi connectivity index (χ3v) is 1.62. The minimum absolute atomic E-state index is 0.0556. The maximum absolute atomic E-state index is 13.1. The number of nitrogens with zero attached hydrogens (tertiary/aromatic N) is 2. The Kier molecular flexibility index (Phi) is 1.88. The van der Waals surface area contributed by atoms with Gasteiger partial charge in [-0.2, -0.15) is 0 Å². The van der Waals surface area contributed by atoms with Crippen molar-refractivity contribution in [2.24, 2.45) is 0 Å². The molecule has 0 unspecified atom stereocenters. The molecule has 2 heterocycles. The standard InChI is InChI=1S/C8H5F2N3O/c9-4-1-12-2-5(10)7(4)6-3-13-8(11)14-6/h1-3H,(H2,11,13). The molecular formula is C8H5F2N3O. The second-order valence-corrected chi connectivity index (χ2v) is 2.54. The molecule has 2 aromatic rings. The van der Waals surface area contributed by atoms with Crippen LogP contribution in [0.2, 0.25) is 0 Å². The van der Waals surface area contributed by atoms with Crippen LogP contribution < -0.4 is 5.73 Å². The molecule has 14 heavy (non-hydrogen) atoms. The molecule has 0 radical (unpaired) electrons. The summed E-state index contributed by atoms with van der Waals surface area (Å²) in [6.45, 7) is 0. The van der Waals surface area contributed by atoms with Gasteiger partial charge in [0.05, 0.1) is 24.2 Å². The van der Waals surface area contributed by atoms with Gasteiger partial charge in [0.15, 0.2) is 17.4 Å². The largest absolute Gasteiger partial charge is 0.424 e. The lowest BCUT2D eigenvalue weighted by molar-refractivity contribution is 0.549. The summed E-state index contributed by atoms with van der Waals surface area (Å²) in [4.78, 5) is 6.87. The monoisotopic (exact) mass is 197 g/mol. The molecule has 0 fully saturated rings. The Morgan fingerprint density at radius 2 is 1.79 bits per heavy atom. The maximum atomic E-state index is 13.1.